The standard InChI is InChI=1S/C43H44N4O12/c1-46-27-12-18-8-9-42-16-20(18)11-25(27)33(42)24(10-19-4-2-3-5-26(19)42)23-13-21(48)6-7-22(23)29-14-28(49)32-30(57-29)15-31(34(50)35(32)51)58-40-38(53)43(56,17-47-41(44)45)37(52)36(59-40)39(54)55/h2-10,13-15,18,20,25,27,33,36-38,40,46,48,50-53,56H,11-12,16-17H2,1H3,(H,54,55)(H4,44,45,47)/t18-,20-,25-,27-,33-,36-,37+,38-,40+,42-,43-/m0/s1. The first-order valence-electron chi connectivity index (χ1n) is 19.4. The predicted octanol–water partition coefficient (Wildman–Crippen LogP) is 2.10. The van der Waals surface area contributed by atoms with E-state index in [2.05, 4.69) is 46.7 Å². The molecule has 308 valence electrons. The molecule has 5 aliphatic rings. The number of hydrogen-bond acceptors (Lipinski definition) is 13. The summed E-state index contributed by atoms with van der Waals surface area (Å²) >= 11 is 0. The van der Waals surface area contributed by atoms with Crippen LogP contribution in [0, 0.1) is 23.7 Å². The highest BCUT2D eigenvalue weighted by molar-refractivity contribution is 5.95. The molecule has 0 amide bonds. The maximum absolute atomic E-state index is 13.9. The third-order valence-corrected chi connectivity index (χ3v) is 13.3. The highest BCUT2D eigenvalue weighted by Crippen LogP contribution is 2.65. The summed E-state index contributed by atoms with van der Waals surface area (Å²) in [4.78, 5) is 29.5. The normalized spacial score (nSPS) is 32.8. The number of fused-ring (bicyclic) bond motifs is 4. The Kier molecular flexibility index (Phi) is 9.06. The Labute approximate surface area is 336 Å². The van der Waals surface area contributed by atoms with E-state index >= 15 is 0 Å². The molecular formula is C43H44N4O12. The number of guanidine groups is 1. The highest BCUT2D eigenvalue weighted by Gasteiger charge is 2.60. The van der Waals surface area contributed by atoms with Crippen molar-refractivity contribution in [3.63, 3.8) is 0 Å². The Morgan fingerprint density at radius 2 is 1.80 bits per heavy atom. The summed E-state index contributed by atoms with van der Waals surface area (Å²) in [5.41, 5.74) is 11.1. The maximum Gasteiger partial charge on any atom is 0.335 e. The molecule has 3 aromatic carbocycles. The van der Waals surface area contributed by atoms with Crippen LogP contribution in [-0.2, 0) is 14.9 Å². The lowest BCUT2D eigenvalue weighted by Gasteiger charge is -2.61. The molecule has 59 heavy (non-hydrogen) atoms. The van der Waals surface area contributed by atoms with Gasteiger partial charge in [0.05, 0.1) is 6.54 Å². The highest BCUT2D eigenvalue weighted by atomic mass is 16.7. The molecule has 4 aromatic rings. The smallest absolute Gasteiger partial charge is 0.335 e. The van der Waals surface area contributed by atoms with Crippen LogP contribution < -0.4 is 26.9 Å². The number of allylic oxidation sites excluding steroid dienone is 3. The van der Waals surface area contributed by atoms with Gasteiger partial charge in [0, 0.05) is 35.1 Å². The SMILES string of the molecule is CN[C@H]1C[C@@H]2C=C[C@@]34C[C@@H]2C[C@@H]1[C@@H]3C(c1cc(O)ccc1-c1cc(=O)c2c(O)c(O)c(O[C@@H]3O[C@H](C(=O)O)[C@@H](O)[C@@](O)(CN=C(N)N)[C@H]3O)cc2o1)=Cc1ccccc14. The lowest BCUT2D eigenvalue weighted by Crippen LogP contribution is -2.70. The second-order valence-corrected chi connectivity index (χ2v) is 16.4. The first-order chi connectivity index (χ1) is 28.1. The number of aliphatic hydroxyl groups excluding tert-OH is 2. The number of phenolic OH excluding ortho intramolecular Hbond substituents is 3. The van der Waals surface area contributed by atoms with Gasteiger partial charge >= 0.3 is 5.97 Å². The Morgan fingerprint density at radius 1 is 1.02 bits per heavy atom. The molecule has 2 saturated carbocycles. The zero-order chi connectivity index (χ0) is 41.7. The van der Waals surface area contributed by atoms with Crippen molar-refractivity contribution in [3.8, 4) is 34.3 Å². The lowest BCUT2D eigenvalue weighted by molar-refractivity contribution is -0.303. The summed E-state index contributed by atoms with van der Waals surface area (Å²) in [6.45, 7) is -0.870. The van der Waals surface area contributed by atoms with E-state index in [4.69, 9.17) is 25.4 Å². The number of aliphatic carboxylic acids is 1. The average Bonchev–Trinajstić information content (AvgIpc) is 3.20. The number of carboxylic acids is 1. The van der Waals surface area contributed by atoms with Gasteiger partial charge in [0.25, 0.3) is 0 Å². The first-order valence-corrected chi connectivity index (χ1v) is 19.4. The molecule has 1 aliphatic heterocycles. The summed E-state index contributed by atoms with van der Waals surface area (Å²) in [5.74, 6) is -3.58. The van der Waals surface area contributed by atoms with Gasteiger partial charge in [-0.25, -0.2) is 4.79 Å². The molecule has 3 bridgehead atoms. The van der Waals surface area contributed by atoms with Crippen LogP contribution in [0.5, 0.6) is 23.0 Å². The van der Waals surface area contributed by atoms with Crippen LogP contribution in [0.4, 0.5) is 0 Å². The van der Waals surface area contributed by atoms with Gasteiger partial charge in [-0.15, -0.1) is 0 Å². The fourth-order valence-electron chi connectivity index (χ4n) is 10.6. The van der Waals surface area contributed by atoms with Crippen LogP contribution in [0.3, 0.4) is 0 Å². The second-order valence-electron chi connectivity index (χ2n) is 16.4. The number of benzene rings is 3. The van der Waals surface area contributed by atoms with E-state index in [-0.39, 0.29) is 40.4 Å². The molecule has 12 N–H and O–H groups in total. The van der Waals surface area contributed by atoms with Crippen molar-refractivity contribution in [2.45, 2.75) is 60.9 Å². The number of ether oxygens (including phenoxy) is 2. The number of aliphatic imine (C=N–C) groups is 1. The van der Waals surface area contributed by atoms with Gasteiger partial charge in [-0.1, -0.05) is 42.5 Å². The van der Waals surface area contributed by atoms with Crippen LogP contribution >= 0.6 is 0 Å². The quantitative estimate of drug-likeness (QED) is 0.0528. The number of phenols is 3. The second kappa shape index (κ2) is 13.8. The Bertz CT molecular complexity index is 2550. The third-order valence-electron chi connectivity index (χ3n) is 13.3. The Balaban J connectivity index is 1.16. The average molecular weight is 809 g/mol. The molecule has 1 spiro atoms. The molecule has 16 nitrogen and oxygen atoms in total. The van der Waals surface area contributed by atoms with E-state index in [1.165, 1.54) is 17.7 Å². The topological polar surface area (TPSA) is 284 Å². The fourth-order valence-corrected chi connectivity index (χ4v) is 10.6. The van der Waals surface area contributed by atoms with Crippen molar-refractivity contribution in [1.29, 1.82) is 0 Å². The van der Waals surface area contributed by atoms with Crippen LogP contribution in [0.2, 0.25) is 0 Å². The summed E-state index contributed by atoms with van der Waals surface area (Å²) in [6, 6.07) is 15.6. The van der Waals surface area contributed by atoms with Gasteiger partial charge in [0.1, 0.15) is 40.3 Å². The van der Waals surface area contributed by atoms with Gasteiger partial charge in [-0.3, -0.25) is 9.79 Å². The maximum atomic E-state index is 13.9. The van der Waals surface area contributed by atoms with Crippen molar-refractivity contribution >= 4 is 34.5 Å². The number of carbonyl (C=O) groups is 1. The van der Waals surface area contributed by atoms with Crippen LogP contribution in [0.15, 0.2) is 81.0 Å². The Hall–Kier alpha value is -5.91. The minimum absolute atomic E-state index is 0.00341. The monoisotopic (exact) mass is 808 g/mol. The molecule has 3 fully saturated rings. The van der Waals surface area contributed by atoms with Crippen LogP contribution in [0.1, 0.15) is 36.0 Å². The van der Waals surface area contributed by atoms with Gasteiger partial charge in [0.15, 0.2) is 29.0 Å². The van der Waals surface area contributed by atoms with Crippen LogP contribution in [-0.4, -0.2) is 97.5 Å². The van der Waals surface area contributed by atoms with Crippen LogP contribution in [0.25, 0.3) is 33.9 Å². The largest absolute Gasteiger partial charge is 0.508 e. The number of carboxylic acid groups (broad SMARTS) is 1. The molecule has 0 unspecified atom stereocenters. The molecule has 2 heterocycles. The molecule has 0 radical (unpaired) electrons. The molecule has 1 aromatic heterocycles. The number of aliphatic hydroxyl groups is 3. The molecular weight excluding hydrogens is 764 g/mol. The predicted molar refractivity (Wildman–Crippen MR) is 213 cm³/mol. The molecule has 11 atom stereocenters. The summed E-state index contributed by atoms with van der Waals surface area (Å²) in [7, 11) is 2.00. The van der Waals surface area contributed by atoms with E-state index in [1.54, 1.807) is 12.1 Å². The molecule has 16 heteroatoms. The van der Waals surface area contributed by atoms with Crippen molar-refractivity contribution in [2.75, 3.05) is 13.6 Å². The van der Waals surface area contributed by atoms with Crippen molar-refractivity contribution < 1.29 is 54.4 Å². The number of nitrogens with zero attached hydrogens (tertiary/aromatic N) is 1. The number of nitrogens with two attached hydrogens (primary N) is 2. The molecule has 9 rings (SSSR count). The summed E-state index contributed by atoms with van der Waals surface area (Å²) in [5, 5.41) is 79.2. The van der Waals surface area contributed by atoms with Gasteiger partial charge in [0.2, 0.25) is 12.0 Å². The van der Waals surface area contributed by atoms with E-state index in [9.17, 15) is 45.3 Å². The fraction of sp³-hybridized carbons (Fsp3) is 0.372. The number of hydrogen-bond donors (Lipinski definition) is 10. The van der Waals surface area contributed by atoms with Gasteiger partial charge in [-0.05, 0) is 84.5 Å². The van der Waals surface area contributed by atoms with Gasteiger partial charge < -0.3 is 66.4 Å². The van der Waals surface area contributed by atoms with Gasteiger partial charge in [-0.2, -0.15) is 0 Å². The van der Waals surface area contributed by atoms with E-state index in [0.29, 0.717) is 23.0 Å². The zero-order valence-corrected chi connectivity index (χ0v) is 31.7. The summed E-state index contributed by atoms with van der Waals surface area (Å²) in [6.07, 6.45) is 1.20. The third kappa shape index (κ3) is 5.88. The summed E-state index contributed by atoms with van der Waals surface area (Å²) < 4.78 is 17.3. The lowest BCUT2D eigenvalue weighted by atomic mass is 9.44. The van der Waals surface area contributed by atoms with E-state index in [1.807, 2.05) is 13.1 Å². The van der Waals surface area contributed by atoms with E-state index < -0.39 is 76.7 Å². The number of aromatic hydroxyl groups is 3. The van der Waals surface area contributed by atoms with Crippen molar-refractivity contribution in [1.82, 2.24) is 5.32 Å². The number of rotatable bonds is 8. The zero-order valence-electron chi connectivity index (χ0n) is 31.7. The Morgan fingerprint density at radius 3 is 2.54 bits per heavy atom. The molecule has 1 saturated heterocycles. The van der Waals surface area contributed by atoms with Crippen molar-refractivity contribution in [2.24, 2.45) is 40.1 Å². The minimum atomic E-state index is -2.73. The first kappa shape index (κ1) is 38.6. The number of nitrogens with one attached hydrogen (secondary N) is 1. The minimum Gasteiger partial charge on any atom is -0.508 e. The van der Waals surface area contributed by atoms with E-state index in [0.717, 1.165) is 36.5 Å². The molecule has 4 aliphatic carbocycles. The van der Waals surface area contributed by atoms with Crippen molar-refractivity contribution in [3.05, 3.63) is 93.7 Å².